The Morgan fingerprint density at radius 1 is 0.897 bits per heavy atom. The van der Waals surface area contributed by atoms with Crippen molar-refractivity contribution in [1.29, 1.82) is 0 Å². The van der Waals surface area contributed by atoms with Crippen molar-refractivity contribution in [2.75, 3.05) is 13.2 Å². The maximum atomic E-state index is 10.3. The summed E-state index contributed by atoms with van der Waals surface area (Å²) in [4.78, 5) is 0. The van der Waals surface area contributed by atoms with Gasteiger partial charge in [0.2, 0.25) is 0 Å². The molecule has 9 N–H and O–H groups in total. The lowest BCUT2D eigenvalue weighted by Crippen LogP contribution is -2.68. The van der Waals surface area contributed by atoms with E-state index < -0.39 is 73.3 Å². The van der Waals surface area contributed by atoms with E-state index in [0.717, 1.165) is 0 Å². The van der Waals surface area contributed by atoms with Crippen molar-refractivity contribution < 1.29 is 44.5 Å². The molecule has 11 nitrogen and oxygen atoms in total. The Kier molecular flexibility index (Phi) is 8.38. The molecule has 2 aliphatic rings. The van der Waals surface area contributed by atoms with Crippen LogP contribution in [0.15, 0.2) is 0 Å². The second kappa shape index (κ2) is 9.79. The van der Waals surface area contributed by atoms with Gasteiger partial charge in [0.15, 0.2) is 6.29 Å². The monoisotopic (exact) mass is 424 g/mol. The summed E-state index contributed by atoms with van der Waals surface area (Å²) in [6.45, 7) is 6.26. The average molecular weight is 424 g/mol. The van der Waals surface area contributed by atoms with E-state index in [1.807, 2.05) is 0 Å². The molecule has 2 rings (SSSR count). The Morgan fingerprint density at radius 3 is 2.00 bits per heavy atom. The fraction of sp³-hybridized carbons (Fsp3) is 1.00. The molecule has 11 heteroatoms. The SMILES string of the molecule is CC(C)OC1OC(COC(C)(C)C2OC(CO)C(O)C(O)C2N)C(O)C(O)C1N. The Balaban J connectivity index is 2.06. The van der Waals surface area contributed by atoms with Crippen LogP contribution in [0, 0.1) is 0 Å². The molecule has 29 heavy (non-hydrogen) atoms. The zero-order valence-electron chi connectivity index (χ0n) is 17.3. The first-order valence-electron chi connectivity index (χ1n) is 9.85. The zero-order chi connectivity index (χ0) is 22.1. The van der Waals surface area contributed by atoms with Crippen LogP contribution >= 0.6 is 0 Å². The van der Waals surface area contributed by atoms with Crippen LogP contribution in [0.1, 0.15) is 27.7 Å². The van der Waals surface area contributed by atoms with Gasteiger partial charge in [-0.1, -0.05) is 0 Å². The summed E-state index contributed by atoms with van der Waals surface area (Å²) >= 11 is 0. The summed E-state index contributed by atoms with van der Waals surface area (Å²) in [5, 5.41) is 50.1. The molecule has 0 aliphatic carbocycles. The molecule has 2 heterocycles. The Bertz CT molecular complexity index is 522. The second-order valence-corrected chi connectivity index (χ2v) is 8.54. The van der Waals surface area contributed by atoms with Gasteiger partial charge in [-0.15, -0.1) is 0 Å². The minimum absolute atomic E-state index is 0.148. The first-order valence-corrected chi connectivity index (χ1v) is 9.85. The Morgan fingerprint density at radius 2 is 1.45 bits per heavy atom. The van der Waals surface area contributed by atoms with Gasteiger partial charge < -0.3 is 55.9 Å². The molecular formula is C18H36N2O9. The molecule has 0 amide bonds. The third-order valence-corrected chi connectivity index (χ3v) is 5.44. The number of hydrogen-bond donors (Lipinski definition) is 7. The third kappa shape index (κ3) is 5.43. The van der Waals surface area contributed by atoms with Gasteiger partial charge in [0.05, 0.1) is 37.0 Å². The van der Waals surface area contributed by atoms with Gasteiger partial charge in [-0.2, -0.15) is 0 Å². The van der Waals surface area contributed by atoms with Crippen LogP contribution in [0.5, 0.6) is 0 Å². The summed E-state index contributed by atoms with van der Waals surface area (Å²) < 4.78 is 22.8. The van der Waals surface area contributed by atoms with Gasteiger partial charge in [0.1, 0.15) is 42.7 Å². The van der Waals surface area contributed by atoms with Crippen LogP contribution in [0.2, 0.25) is 0 Å². The third-order valence-electron chi connectivity index (χ3n) is 5.44. The van der Waals surface area contributed by atoms with E-state index in [9.17, 15) is 25.5 Å². The lowest BCUT2D eigenvalue weighted by Gasteiger charge is -2.48. The summed E-state index contributed by atoms with van der Waals surface area (Å²) in [5.74, 6) is 0. The lowest BCUT2D eigenvalue weighted by molar-refractivity contribution is -0.289. The van der Waals surface area contributed by atoms with Crippen LogP contribution in [0.25, 0.3) is 0 Å². The highest BCUT2D eigenvalue weighted by atomic mass is 16.7. The molecule has 2 aliphatic heterocycles. The van der Waals surface area contributed by atoms with Crippen LogP contribution in [0.3, 0.4) is 0 Å². The van der Waals surface area contributed by atoms with E-state index in [4.69, 9.17) is 30.4 Å². The molecule has 0 aromatic rings. The molecule has 0 saturated carbocycles. The number of hydrogen-bond acceptors (Lipinski definition) is 11. The molecule has 0 radical (unpaired) electrons. The van der Waals surface area contributed by atoms with Gasteiger partial charge in [-0.3, -0.25) is 0 Å². The maximum Gasteiger partial charge on any atom is 0.176 e. The van der Waals surface area contributed by atoms with E-state index in [2.05, 4.69) is 0 Å². The first-order chi connectivity index (χ1) is 13.4. The number of rotatable bonds is 7. The van der Waals surface area contributed by atoms with Crippen molar-refractivity contribution in [1.82, 2.24) is 0 Å². The van der Waals surface area contributed by atoms with E-state index in [1.54, 1.807) is 27.7 Å². The van der Waals surface area contributed by atoms with Gasteiger partial charge in [0.25, 0.3) is 0 Å². The quantitative estimate of drug-likeness (QED) is 0.218. The van der Waals surface area contributed by atoms with Crippen molar-refractivity contribution in [2.24, 2.45) is 11.5 Å². The van der Waals surface area contributed by atoms with Gasteiger partial charge >= 0.3 is 0 Å². The van der Waals surface area contributed by atoms with Crippen LogP contribution < -0.4 is 11.5 Å². The normalized spacial score (nSPS) is 44.3. The molecule has 0 aromatic heterocycles. The van der Waals surface area contributed by atoms with Crippen molar-refractivity contribution >= 4 is 0 Å². The molecule has 0 spiro atoms. The fourth-order valence-electron chi connectivity index (χ4n) is 3.62. The smallest absolute Gasteiger partial charge is 0.176 e. The van der Waals surface area contributed by atoms with E-state index in [1.165, 1.54) is 0 Å². The van der Waals surface area contributed by atoms with Gasteiger partial charge in [-0.25, -0.2) is 0 Å². The van der Waals surface area contributed by atoms with Crippen LogP contribution in [-0.2, 0) is 18.9 Å². The highest BCUT2D eigenvalue weighted by molar-refractivity contribution is 5.01. The summed E-state index contributed by atoms with van der Waals surface area (Å²) in [7, 11) is 0. The zero-order valence-corrected chi connectivity index (χ0v) is 17.3. The van der Waals surface area contributed by atoms with Gasteiger partial charge in [-0.05, 0) is 27.7 Å². The Hall–Kier alpha value is -0.440. The van der Waals surface area contributed by atoms with Crippen molar-refractivity contribution in [2.45, 2.75) is 101 Å². The molecular weight excluding hydrogens is 388 g/mol. The highest BCUT2D eigenvalue weighted by Gasteiger charge is 2.50. The predicted octanol–water partition coefficient (Wildman–Crippen LogP) is -3.21. The van der Waals surface area contributed by atoms with Crippen molar-refractivity contribution in [3.8, 4) is 0 Å². The number of nitrogens with two attached hydrogens (primary N) is 2. The highest BCUT2D eigenvalue weighted by Crippen LogP contribution is 2.31. The largest absolute Gasteiger partial charge is 0.394 e. The topological polar surface area (TPSA) is 190 Å². The second-order valence-electron chi connectivity index (χ2n) is 8.54. The molecule has 172 valence electrons. The first kappa shape index (κ1) is 24.8. The Labute approximate surface area is 170 Å². The minimum Gasteiger partial charge on any atom is -0.394 e. The summed E-state index contributed by atoms with van der Waals surface area (Å²) in [5.41, 5.74) is 10.8. The summed E-state index contributed by atoms with van der Waals surface area (Å²) in [6.07, 6.45) is -9.15. The fourth-order valence-corrected chi connectivity index (χ4v) is 3.62. The van der Waals surface area contributed by atoms with E-state index in [0.29, 0.717) is 0 Å². The molecule has 2 saturated heterocycles. The maximum absolute atomic E-state index is 10.3. The van der Waals surface area contributed by atoms with Crippen molar-refractivity contribution in [3.05, 3.63) is 0 Å². The molecule has 0 aromatic carbocycles. The molecule has 10 unspecified atom stereocenters. The predicted molar refractivity (Wildman–Crippen MR) is 101 cm³/mol. The average Bonchev–Trinajstić information content (AvgIpc) is 2.65. The standard InChI is InChI=1S/C18H36N2O9/c1-7(2)27-17-11(20)15(25)13(23)9(29-17)6-26-18(3,4)16-10(19)14(24)12(22)8(5-21)28-16/h7-17,21-25H,5-6,19-20H2,1-4H3. The molecule has 0 bridgehead atoms. The lowest BCUT2D eigenvalue weighted by atomic mass is 9.85. The molecule has 10 atom stereocenters. The number of ether oxygens (including phenoxy) is 4. The van der Waals surface area contributed by atoms with E-state index in [-0.39, 0.29) is 12.7 Å². The van der Waals surface area contributed by atoms with Gasteiger partial charge in [0, 0.05) is 0 Å². The van der Waals surface area contributed by atoms with Crippen LogP contribution in [0.4, 0.5) is 0 Å². The minimum atomic E-state index is -1.32. The number of aliphatic hydroxyl groups is 5. The van der Waals surface area contributed by atoms with Crippen LogP contribution in [-0.4, -0.2) is 112 Å². The number of aliphatic hydroxyl groups excluding tert-OH is 5. The van der Waals surface area contributed by atoms with E-state index >= 15 is 0 Å². The molecule has 2 fully saturated rings. The summed E-state index contributed by atoms with van der Waals surface area (Å²) in [6, 6.07) is -1.90. The van der Waals surface area contributed by atoms with Crippen molar-refractivity contribution in [3.63, 3.8) is 0 Å².